The summed E-state index contributed by atoms with van der Waals surface area (Å²) in [4.78, 5) is 7.76. The van der Waals surface area contributed by atoms with E-state index in [0.717, 1.165) is 6.42 Å². The van der Waals surface area contributed by atoms with Crippen molar-refractivity contribution in [2.24, 2.45) is 0 Å². The van der Waals surface area contributed by atoms with Crippen LogP contribution in [0.25, 0.3) is 0 Å². The molecule has 0 saturated carbocycles. The van der Waals surface area contributed by atoms with Crippen LogP contribution in [0.1, 0.15) is 32.1 Å². The number of unbranched alkanes of at least 4 members (excludes halogenated alkanes) is 4. The van der Waals surface area contributed by atoms with Crippen LogP contribution >= 0.6 is 0 Å². The second-order valence-electron chi connectivity index (χ2n) is 6.42. The average molecular weight is 335 g/mol. The first-order valence-corrected chi connectivity index (χ1v) is 7.43. The van der Waals surface area contributed by atoms with Crippen molar-refractivity contribution < 1.29 is 26.6 Å². The lowest BCUT2D eigenvalue weighted by atomic mass is 10.1. The Morgan fingerprint density at radius 3 is 1.74 bits per heavy atom. The third-order valence-electron chi connectivity index (χ3n) is 4.49. The molecule has 4 fully saturated rings. The normalized spacial score (nSPS) is 39.3. The molecule has 0 radical (unpaired) electrons. The van der Waals surface area contributed by atoms with Crippen LogP contribution in [0.2, 0.25) is 0 Å². The Bertz CT molecular complexity index is 255. The van der Waals surface area contributed by atoms with Gasteiger partial charge in [0.15, 0.2) is 0 Å². The highest BCUT2D eigenvalue weighted by Gasteiger charge is 2.47. The van der Waals surface area contributed by atoms with Gasteiger partial charge in [-0.1, -0.05) is 12.8 Å². The van der Waals surface area contributed by atoms with Gasteiger partial charge in [0.1, 0.15) is 20.0 Å². The Kier molecular flexibility index (Phi) is 5.63. The maximum absolute atomic E-state index is 8.76. The number of aliphatic hydroxyl groups is 1. The largest absolute Gasteiger partial charge is 1.00 e. The molecular weight excluding hydrogens is 308 g/mol. The van der Waals surface area contributed by atoms with Gasteiger partial charge in [-0.25, -0.2) is 14.7 Å². The van der Waals surface area contributed by atoms with Gasteiger partial charge in [-0.2, -0.15) is 0 Å². The summed E-state index contributed by atoms with van der Waals surface area (Å²) in [6.07, 6.45) is 6.15. The zero-order valence-electron chi connectivity index (χ0n) is 11.8. The molecule has 4 heterocycles. The molecule has 0 spiro atoms. The lowest BCUT2D eigenvalue weighted by Crippen LogP contribution is -3.00. The fourth-order valence-electron chi connectivity index (χ4n) is 3.96. The molecule has 0 unspecified atom stereocenters. The molecule has 4 aliphatic heterocycles. The van der Waals surface area contributed by atoms with E-state index >= 15 is 0 Å². The van der Waals surface area contributed by atoms with Crippen molar-refractivity contribution in [2.75, 3.05) is 53.2 Å². The van der Waals surface area contributed by atoms with E-state index in [1.54, 1.807) is 0 Å². The Morgan fingerprint density at radius 1 is 0.737 bits per heavy atom. The number of rotatable bonds is 7. The molecule has 0 aromatic carbocycles. The van der Waals surface area contributed by atoms with Crippen LogP contribution in [0.15, 0.2) is 0 Å². The second-order valence-corrected chi connectivity index (χ2v) is 6.42. The average Bonchev–Trinajstić information content (AvgIpc) is 2.32. The summed E-state index contributed by atoms with van der Waals surface area (Å²) in [6, 6.07) is 0. The van der Waals surface area contributed by atoms with Gasteiger partial charge >= 0.3 is 0 Å². The molecule has 6 heteroatoms. The van der Waals surface area contributed by atoms with E-state index in [2.05, 4.69) is 14.7 Å². The van der Waals surface area contributed by atoms with Gasteiger partial charge in [0, 0.05) is 6.61 Å². The van der Waals surface area contributed by atoms with Gasteiger partial charge in [-0.3, -0.25) is 4.48 Å². The van der Waals surface area contributed by atoms with Crippen molar-refractivity contribution in [3.63, 3.8) is 0 Å². The van der Waals surface area contributed by atoms with Crippen LogP contribution in [0.3, 0.4) is 0 Å². The number of halogens is 1. The van der Waals surface area contributed by atoms with Crippen LogP contribution in [0.5, 0.6) is 0 Å². The highest BCUT2D eigenvalue weighted by Crippen LogP contribution is 2.29. The molecule has 1 N–H and O–H groups in total. The minimum atomic E-state index is 0. The van der Waals surface area contributed by atoms with Crippen LogP contribution in [0, 0.1) is 0 Å². The maximum Gasteiger partial charge on any atom is 0.139 e. The summed E-state index contributed by atoms with van der Waals surface area (Å²) in [7, 11) is 0. The third-order valence-corrected chi connectivity index (χ3v) is 4.49. The van der Waals surface area contributed by atoms with Gasteiger partial charge < -0.3 is 22.1 Å². The summed E-state index contributed by atoms with van der Waals surface area (Å²) in [6.45, 7) is 9.06. The zero-order valence-corrected chi connectivity index (χ0v) is 13.4. The molecule has 112 valence electrons. The van der Waals surface area contributed by atoms with Crippen LogP contribution in [-0.2, 0) is 0 Å². The van der Waals surface area contributed by atoms with Crippen molar-refractivity contribution in [3.8, 4) is 0 Å². The molecule has 0 aromatic heterocycles. The highest BCUT2D eigenvalue weighted by molar-refractivity contribution is 4.73. The maximum atomic E-state index is 8.76. The number of hydrogen-bond acceptors (Lipinski definition) is 4. The van der Waals surface area contributed by atoms with E-state index in [4.69, 9.17) is 5.11 Å². The number of nitrogens with zero attached hydrogens (tertiary/aromatic N) is 4. The lowest BCUT2D eigenvalue weighted by molar-refractivity contribution is -0.980. The summed E-state index contributed by atoms with van der Waals surface area (Å²) in [5, 5.41) is 8.76. The second kappa shape index (κ2) is 6.83. The molecule has 4 bridgehead atoms. The molecule has 0 atom stereocenters. The van der Waals surface area contributed by atoms with Crippen molar-refractivity contribution in [1.29, 1.82) is 0 Å². The first kappa shape index (κ1) is 15.7. The third kappa shape index (κ3) is 3.68. The van der Waals surface area contributed by atoms with Crippen LogP contribution in [-0.4, -0.2) is 77.5 Å². The Morgan fingerprint density at radius 2 is 1.21 bits per heavy atom. The molecule has 19 heavy (non-hydrogen) atoms. The van der Waals surface area contributed by atoms with Crippen molar-refractivity contribution in [1.82, 2.24) is 14.7 Å². The standard InChI is InChI=1S/C13H27N4O.BrH/c18-7-5-3-1-2-4-6-17-11-14-8-15(12-17)10-16(9-14)13-17;/h18H,1-13H2;1H/q+1;/p-1. The molecule has 0 amide bonds. The topological polar surface area (TPSA) is 30.0 Å². The van der Waals surface area contributed by atoms with Gasteiger partial charge in [0.2, 0.25) is 0 Å². The van der Waals surface area contributed by atoms with E-state index in [0.29, 0.717) is 6.61 Å². The molecule has 0 aliphatic carbocycles. The Balaban J connectivity index is 0.00000133. The quantitative estimate of drug-likeness (QED) is 0.410. The summed E-state index contributed by atoms with van der Waals surface area (Å²) in [5.41, 5.74) is 0. The first-order chi connectivity index (χ1) is 8.80. The highest BCUT2D eigenvalue weighted by atomic mass is 79.9. The van der Waals surface area contributed by atoms with Gasteiger partial charge in [0.25, 0.3) is 0 Å². The predicted molar refractivity (Wildman–Crippen MR) is 70.0 cm³/mol. The number of hydrogen-bond donors (Lipinski definition) is 1. The molecular formula is C13H27BrN4O. The first-order valence-electron chi connectivity index (χ1n) is 7.43. The summed E-state index contributed by atoms with van der Waals surface area (Å²) in [5.74, 6) is 0. The Labute approximate surface area is 127 Å². The predicted octanol–water partition coefficient (Wildman–Crippen LogP) is -2.56. The van der Waals surface area contributed by atoms with E-state index in [9.17, 15) is 0 Å². The monoisotopic (exact) mass is 334 g/mol. The fraction of sp³-hybridized carbons (Fsp3) is 1.00. The fourth-order valence-corrected chi connectivity index (χ4v) is 3.96. The number of quaternary nitrogens is 1. The molecule has 4 aliphatic rings. The van der Waals surface area contributed by atoms with Gasteiger partial charge in [-0.15, -0.1) is 0 Å². The van der Waals surface area contributed by atoms with Crippen LogP contribution < -0.4 is 17.0 Å². The van der Waals surface area contributed by atoms with Gasteiger partial charge in [-0.05, 0) is 19.3 Å². The summed E-state index contributed by atoms with van der Waals surface area (Å²) < 4.78 is 1.28. The van der Waals surface area contributed by atoms with Crippen molar-refractivity contribution in [2.45, 2.75) is 32.1 Å². The smallest absolute Gasteiger partial charge is 0.139 e. The van der Waals surface area contributed by atoms with E-state index < -0.39 is 0 Å². The van der Waals surface area contributed by atoms with Gasteiger partial charge in [0.05, 0.1) is 26.6 Å². The zero-order chi connectivity index (χ0) is 12.4. The minimum absolute atomic E-state index is 0. The molecule has 4 rings (SSSR count). The molecule has 5 nitrogen and oxygen atoms in total. The Hall–Kier alpha value is 0.280. The van der Waals surface area contributed by atoms with Crippen LogP contribution in [0.4, 0.5) is 0 Å². The number of aliphatic hydroxyl groups excluding tert-OH is 1. The molecule has 0 aromatic rings. The van der Waals surface area contributed by atoms with Crippen molar-refractivity contribution >= 4 is 0 Å². The van der Waals surface area contributed by atoms with E-state index in [1.165, 1.54) is 76.7 Å². The SMILES string of the molecule is OCCCCCCC[N+]12CN3CN(CN(C3)C1)C2.[Br-]. The van der Waals surface area contributed by atoms with Crippen molar-refractivity contribution in [3.05, 3.63) is 0 Å². The van der Waals surface area contributed by atoms with E-state index in [-0.39, 0.29) is 17.0 Å². The van der Waals surface area contributed by atoms with E-state index in [1.807, 2.05) is 0 Å². The lowest BCUT2D eigenvalue weighted by Gasteiger charge is -2.60. The molecule has 4 saturated heterocycles. The summed E-state index contributed by atoms with van der Waals surface area (Å²) >= 11 is 0. The minimum Gasteiger partial charge on any atom is -1.00 e.